The van der Waals surface area contributed by atoms with E-state index in [-0.39, 0.29) is 7.43 Å². The minimum atomic E-state index is -0.680. The number of fused-ring (bicyclic) bond motifs is 2. The van der Waals surface area contributed by atoms with Gasteiger partial charge in [0.1, 0.15) is 28.5 Å². The maximum absolute atomic E-state index is 10.5. The van der Waals surface area contributed by atoms with Gasteiger partial charge in [0.15, 0.2) is 0 Å². The molecule has 2 aliphatic rings. The van der Waals surface area contributed by atoms with Crippen molar-refractivity contribution in [3.05, 3.63) is 94.9 Å². The Morgan fingerprint density at radius 3 is 1.44 bits per heavy atom. The van der Waals surface area contributed by atoms with Crippen molar-refractivity contribution in [2.45, 2.75) is 107 Å². The molecule has 1 N–H and O–H groups in total. The Balaban J connectivity index is 0.000000280. The van der Waals surface area contributed by atoms with E-state index in [2.05, 4.69) is 27.7 Å². The highest BCUT2D eigenvalue weighted by Crippen LogP contribution is 2.44. The molecule has 2 aromatic carbocycles. The van der Waals surface area contributed by atoms with Crippen molar-refractivity contribution in [1.82, 2.24) is 0 Å². The van der Waals surface area contributed by atoms with Gasteiger partial charge in [0.2, 0.25) is 12.4 Å². The molecule has 9 heteroatoms. The zero-order valence-corrected chi connectivity index (χ0v) is 24.9. The number of hydrogen-bond donors (Lipinski definition) is 1. The molecule has 0 bridgehead atoms. The highest BCUT2D eigenvalue weighted by atomic mass is 16.6. The van der Waals surface area contributed by atoms with Gasteiger partial charge in [-0.25, -0.2) is 0 Å². The largest absolute Gasteiger partial charge is 0.507 e. The van der Waals surface area contributed by atoms with Crippen LogP contribution in [-0.4, -0.2) is 26.2 Å². The molecule has 2 heterocycles. The van der Waals surface area contributed by atoms with Crippen LogP contribution < -0.4 is 9.47 Å². The molecule has 0 radical (unpaired) electrons. The SMILES string of the molecule is C.Cc1c(C)c(C)c2c(c1C)CCC(C)(/C=C/[N+](=O)[O-])O2.Cc1c(C)c2c(c(C)c1O)CCC(C)(/C=C/[N+](=O)[O-])O2. The summed E-state index contributed by atoms with van der Waals surface area (Å²) in [5, 5.41) is 31.1. The summed E-state index contributed by atoms with van der Waals surface area (Å²) < 4.78 is 12.1. The van der Waals surface area contributed by atoms with Crippen LogP contribution in [0.4, 0.5) is 0 Å². The van der Waals surface area contributed by atoms with Gasteiger partial charge in [0.25, 0.3) is 0 Å². The van der Waals surface area contributed by atoms with E-state index in [0.717, 1.165) is 71.0 Å². The van der Waals surface area contributed by atoms with E-state index < -0.39 is 21.0 Å². The van der Waals surface area contributed by atoms with E-state index in [9.17, 15) is 25.3 Å². The average Bonchev–Trinajstić information content (AvgIpc) is 2.91. The lowest BCUT2D eigenvalue weighted by Crippen LogP contribution is -2.35. The lowest BCUT2D eigenvalue weighted by Gasteiger charge is -2.35. The fourth-order valence-corrected chi connectivity index (χ4v) is 5.39. The number of rotatable bonds is 4. The maximum Gasteiger partial charge on any atom is 0.234 e. The molecule has 0 saturated carbocycles. The van der Waals surface area contributed by atoms with E-state index in [1.54, 1.807) is 6.08 Å². The molecule has 9 nitrogen and oxygen atoms in total. The predicted molar refractivity (Wildman–Crippen MR) is 161 cm³/mol. The normalized spacial score (nSPS) is 21.1. The number of benzene rings is 2. The fraction of sp³-hybridized carbons (Fsp3) is 0.500. The van der Waals surface area contributed by atoms with Gasteiger partial charge in [0.05, 0.1) is 9.85 Å². The molecule has 0 fully saturated rings. The number of phenolic OH excluding ortho intramolecular Hbond substituents is 1. The Kier molecular flexibility index (Phi) is 10.0. The van der Waals surface area contributed by atoms with Crippen LogP contribution in [0.1, 0.15) is 84.2 Å². The number of aromatic hydroxyl groups is 1. The van der Waals surface area contributed by atoms with E-state index in [4.69, 9.17) is 9.47 Å². The lowest BCUT2D eigenvalue weighted by atomic mass is 9.85. The molecule has 2 aromatic rings. The Labute approximate surface area is 243 Å². The molecule has 2 atom stereocenters. The number of nitro groups is 2. The van der Waals surface area contributed by atoms with Gasteiger partial charge in [0, 0.05) is 17.7 Å². The summed E-state index contributed by atoms with van der Waals surface area (Å²) in [5.41, 5.74) is 8.47. The highest BCUT2D eigenvalue weighted by Gasteiger charge is 2.34. The molecule has 0 aromatic heterocycles. The topological polar surface area (TPSA) is 125 Å². The van der Waals surface area contributed by atoms with Crippen molar-refractivity contribution in [3.63, 3.8) is 0 Å². The summed E-state index contributed by atoms with van der Waals surface area (Å²) in [6.07, 6.45) is 7.98. The van der Waals surface area contributed by atoms with Crippen molar-refractivity contribution in [1.29, 1.82) is 0 Å². The van der Waals surface area contributed by atoms with Gasteiger partial charge in [-0.05, 0) is 133 Å². The monoisotopic (exact) mass is 568 g/mol. The van der Waals surface area contributed by atoms with Crippen molar-refractivity contribution in [3.8, 4) is 17.2 Å². The van der Waals surface area contributed by atoms with E-state index in [1.165, 1.54) is 28.3 Å². The standard InChI is InChI=1S/C16H21NO3.C15H19NO4.CH4/c1-10-11(2)13(4)15-14(12(10)3)6-7-16(5,20-15)8-9-17(18)19;1-9-10(2)14-12(11(3)13(9)17)5-6-15(4,20-14)7-8-16(18)19;/h8-9H,6-7H2,1-5H3;7-8,17H,5-6H2,1-4H3;1H4/b9-8+;8-7+;. The van der Waals surface area contributed by atoms with Crippen LogP contribution in [0.2, 0.25) is 0 Å². The first kappa shape index (κ1) is 33.3. The van der Waals surface area contributed by atoms with Crippen molar-refractivity contribution in [2.75, 3.05) is 0 Å². The third-order valence-corrected chi connectivity index (χ3v) is 8.61. The molecule has 224 valence electrons. The predicted octanol–water partition coefficient (Wildman–Crippen LogP) is 7.62. The summed E-state index contributed by atoms with van der Waals surface area (Å²) in [5.74, 6) is 1.97. The van der Waals surface area contributed by atoms with Gasteiger partial charge in [-0.1, -0.05) is 7.43 Å². The number of ether oxygens (including phenoxy) is 2. The van der Waals surface area contributed by atoms with Gasteiger partial charge >= 0.3 is 0 Å². The van der Waals surface area contributed by atoms with Crippen LogP contribution in [0, 0.1) is 68.7 Å². The quantitative estimate of drug-likeness (QED) is 0.297. The van der Waals surface area contributed by atoms with Crippen molar-refractivity contribution >= 4 is 0 Å². The summed E-state index contributed by atoms with van der Waals surface area (Å²) in [7, 11) is 0. The number of phenols is 1. The van der Waals surface area contributed by atoms with Gasteiger partial charge in [-0.15, -0.1) is 0 Å². The molecule has 0 spiro atoms. The molecular weight excluding hydrogens is 524 g/mol. The van der Waals surface area contributed by atoms with Crippen LogP contribution in [0.15, 0.2) is 24.6 Å². The number of hydrogen-bond acceptors (Lipinski definition) is 7. The molecular formula is C32H44N2O7. The molecule has 0 saturated heterocycles. The molecule has 2 unspecified atom stereocenters. The first-order chi connectivity index (χ1) is 18.5. The van der Waals surface area contributed by atoms with E-state index >= 15 is 0 Å². The summed E-state index contributed by atoms with van der Waals surface area (Å²) in [6, 6.07) is 0. The fourth-order valence-electron chi connectivity index (χ4n) is 5.39. The van der Waals surface area contributed by atoms with Gasteiger partial charge in [-0.2, -0.15) is 0 Å². The highest BCUT2D eigenvalue weighted by molar-refractivity contribution is 5.58. The second kappa shape index (κ2) is 12.3. The van der Waals surface area contributed by atoms with Crippen LogP contribution in [0.3, 0.4) is 0 Å². The van der Waals surface area contributed by atoms with Crippen LogP contribution >= 0.6 is 0 Å². The Bertz CT molecular complexity index is 1320. The van der Waals surface area contributed by atoms with Crippen molar-refractivity contribution < 1.29 is 24.4 Å². The number of nitrogens with zero attached hydrogens (tertiary/aromatic N) is 2. The van der Waals surface area contributed by atoms with E-state index in [1.807, 2.05) is 34.6 Å². The Morgan fingerprint density at radius 2 is 1.02 bits per heavy atom. The zero-order chi connectivity index (χ0) is 30.2. The Hall–Kier alpha value is -3.88. The van der Waals surface area contributed by atoms with Gasteiger partial charge in [-0.3, -0.25) is 20.2 Å². The minimum absolute atomic E-state index is 0. The summed E-state index contributed by atoms with van der Waals surface area (Å²) >= 11 is 0. The smallest absolute Gasteiger partial charge is 0.234 e. The summed E-state index contributed by atoms with van der Waals surface area (Å²) in [4.78, 5) is 20.1. The first-order valence-corrected chi connectivity index (χ1v) is 13.4. The first-order valence-electron chi connectivity index (χ1n) is 13.4. The molecule has 0 aliphatic carbocycles. The third kappa shape index (κ3) is 6.89. The molecule has 2 aliphatic heterocycles. The van der Waals surface area contributed by atoms with Gasteiger partial charge < -0.3 is 14.6 Å². The van der Waals surface area contributed by atoms with Crippen LogP contribution in [-0.2, 0) is 12.8 Å². The lowest BCUT2D eigenvalue weighted by molar-refractivity contribution is -0.403. The molecule has 4 rings (SSSR count). The average molecular weight is 569 g/mol. The molecule has 41 heavy (non-hydrogen) atoms. The maximum atomic E-state index is 10.5. The van der Waals surface area contributed by atoms with E-state index in [0.29, 0.717) is 12.2 Å². The molecule has 0 amide bonds. The second-order valence-corrected chi connectivity index (χ2v) is 11.4. The minimum Gasteiger partial charge on any atom is -0.507 e. The summed E-state index contributed by atoms with van der Waals surface area (Å²) in [6.45, 7) is 17.8. The third-order valence-electron chi connectivity index (χ3n) is 8.61. The second-order valence-electron chi connectivity index (χ2n) is 11.4. The van der Waals surface area contributed by atoms with Crippen molar-refractivity contribution in [2.24, 2.45) is 0 Å². The Morgan fingerprint density at radius 1 is 0.659 bits per heavy atom. The van der Waals surface area contributed by atoms with Crippen LogP contribution in [0.5, 0.6) is 17.2 Å². The van der Waals surface area contributed by atoms with Crippen LogP contribution in [0.25, 0.3) is 0 Å². The zero-order valence-electron chi connectivity index (χ0n) is 24.9.